The highest BCUT2D eigenvalue weighted by atomic mass is 19.3. The van der Waals surface area contributed by atoms with Crippen molar-refractivity contribution in [2.24, 2.45) is 0 Å². The van der Waals surface area contributed by atoms with E-state index < -0.39 is 41.7 Å². The van der Waals surface area contributed by atoms with Crippen LogP contribution < -0.4 is 10.6 Å². The van der Waals surface area contributed by atoms with Gasteiger partial charge in [-0.25, -0.2) is 18.0 Å². The Morgan fingerprint density at radius 1 is 1.20 bits per heavy atom. The lowest BCUT2D eigenvalue weighted by molar-refractivity contribution is -0.118. The summed E-state index contributed by atoms with van der Waals surface area (Å²) < 4.78 is 46.9. The second-order valence-corrected chi connectivity index (χ2v) is 6.81. The summed E-state index contributed by atoms with van der Waals surface area (Å²) in [6.45, 7) is 5.02. The summed E-state index contributed by atoms with van der Waals surface area (Å²) in [5.74, 6) is -3.03. The molecule has 1 saturated carbocycles. The number of ether oxygens (including phenoxy) is 1. The Morgan fingerprint density at radius 3 is 2.45 bits per heavy atom. The van der Waals surface area contributed by atoms with E-state index in [0.717, 1.165) is 0 Å². The van der Waals surface area contributed by atoms with Gasteiger partial charge in [-0.05, 0) is 27.2 Å². The van der Waals surface area contributed by atoms with Crippen molar-refractivity contribution in [3.8, 4) is 0 Å². The average Bonchev–Trinajstić information content (AvgIpc) is 2.50. The fourth-order valence-corrected chi connectivity index (χ4v) is 2.96. The Balaban J connectivity index is 2.14. The van der Waals surface area contributed by atoms with E-state index in [2.05, 4.69) is 10.6 Å². The SMILES string of the molecule is CC(C)(C)OC(=O)N[C@@]12CCC(F)(F)C[C@]1(F)CNC2. The van der Waals surface area contributed by atoms with E-state index in [-0.39, 0.29) is 19.5 Å². The second-order valence-electron chi connectivity index (χ2n) is 6.81. The number of hydrogen-bond acceptors (Lipinski definition) is 3. The predicted molar refractivity (Wildman–Crippen MR) is 67.6 cm³/mol. The second kappa shape index (κ2) is 4.51. The zero-order valence-electron chi connectivity index (χ0n) is 12.0. The molecule has 0 unspecified atom stereocenters. The average molecular weight is 294 g/mol. The fourth-order valence-electron chi connectivity index (χ4n) is 2.96. The fraction of sp³-hybridized carbons (Fsp3) is 0.923. The number of fused-ring (bicyclic) bond motifs is 1. The molecule has 0 bridgehead atoms. The van der Waals surface area contributed by atoms with Gasteiger partial charge in [-0.3, -0.25) is 0 Å². The minimum Gasteiger partial charge on any atom is -0.444 e. The predicted octanol–water partition coefficient (Wildman–Crippen LogP) is 2.38. The van der Waals surface area contributed by atoms with Gasteiger partial charge in [-0.15, -0.1) is 0 Å². The van der Waals surface area contributed by atoms with Crippen LogP contribution in [0.2, 0.25) is 0 Å². The zero-order valence-corrected chi connectivity index (χ0v) is 12.0. The molecule has 0 aromatic carbocycles. The van der Waals surface area contributed by atoms with Gasteiger partial charge in [0, 0.05) is 25.9 Å². The van der Waals surface area contributed by atoms with Crippen LogP contribution in [0.1, 0.15) is 40.0 Å². The third-order valence-electron chi connectivity index (χ3n) is 3.89. The number of alkyl halides is 3. The summed E-state index contributed by atoms with van der Waals surface area (Å²) in [5, 5.41) is 5.27. The summed E-state index contributed by atoms with van der Waals surface area (Å²) >= 11 is 0. The molecule has 1 amide bonds. The minimum atomic E-state index is -3.03. The summed E-state index contributed by atoms with van der Waals surface area (Å²) in [4.78, 5) is 11.9. The van der Waals surface area contributed by atoms with Crippen molar-refractivity contribution in [2.45, 2.75) is 62.8 Å². The van der Waals surface area contributed by atoms with Gasteiger partial charge in [0.1, 0.15) is 5.60 Å². The number of nitrogens with one attached hydrogen (secondary N) is 2. The molecule has 2 N–H and O–H groups in total. The normalized spacial score (nSPS) is 36.3. The first-order valence-electron chi connectivity index (χ1n) is 6.76. The number of carbonyl (C=O) groups excluding carboxylic acids is 1. The molecule has 0 aromatic heterocycles. The summed E-state index contributed by atoms with van der Waals surface area (Å²) in [6, 6.07) is 0. The van der Waals surface area contributed by atoms with Crippen LogP contribution in [0.25, 0.3) is 0 Å². The van der Waals surface area contributed by atoms with Gasteiger partial charge < -0.3 is 15.4 Å². The lowest BCUT2D eigenvalue weighted by Gasteiger charge is -2.46. The van der Waals surface area contributed by atoms with E-state index in [9.17, 15) is 18.0 Å². The van der Waals surface area contributed by atoms with Crippen LogP contribution in [-0.2, 0) is 4.74 Å². The number of halogens is 3. The maximum atomic E-state index is 14.9. The highest BCUT2D eigenvalue weighted by molar-refractivity contribution is 5.69. The van der Waals surface area contributed by atoms with E-state index in [1.54, 1.807) is 20.8 Å². The maximum Gasteiger partial charge on any atom is 0.408 e. The largest absolute Gasteiger partial charge is 0.444 e. The number of rotatable bonds is 1. The van der Waals surface area contributed by atoms with E-state index in [1.807, 2.05) is 0 Å². The molecule has 1 saturated heterocycles. The van der Waals surface area contributed by atoms with Gasteiger partial charge in [0.15, 0.2) is 5.67 Å². The van der Waals surface area contributed by atoms with E-state index in [1.165, 1.54) is 0 Å². The van der Waals surface area contributed by atoms with Crippen molar-refractivity contribution in [1.29, 1.82) is 0 Å². The third kappa shape index (κ3) is 2.87. The third-order valence-corrected chi connectivity index (χ3v) is 3.89. The molecule has 1 aliphatic carbocycles. The molecule has 0 radical (unpaired) electrons. The van der Waals surface area contributed by atoms with Crippen molar-refractivity contribution in [1.82, 2.24) is 10.6 Å². The number of amides is 1. The molecule has 20 heavy (non-hydrogen) atoms. The molecule has 0 aromatic rings. The van der Waals surface area contributed by atoms with Crippen LogP contribution in [0, 0.1) is 0 Å². The van der Waals surface area contributed by atoms with Crippen molar-refractivity contribution in [2.75, 3.05) is 13.1 Å². The molecule has 0 spiro atoms. The molecule has 2 rings (SSSR count). The topological polar surface area (TPSA) is 50.4 Å². The van der Waals surface area contributed by atoms with E-state index in [4.69, 9.17) is 4.74 Å². The number of hydrogen-bond donors (Lipinski definition) is 2. The Morgan fingerprint density at radius 2 is 1.85 bits per heavy atom. The Bertz CT molecular complexity index is 411. The summed E-state index contributed by atoms with van der Waals surface area (Å²) in [6.07, 6.45) is -2.18. The van der Waals surface area contributed by atoms with Gasteiger partial charge >= 0.3 is 6.09 Å². The molecule has 2 fully saturated rings. The molecule has 1 heterocycles. The van der Waals surface area contributed by atoms with Crippen LogP contribution in [-0.4, -0.2) is 41.9 Å². The summed E-state index contributed by atoms with van der Waals surface area (Å²) in [5.41, 5.74) is -4.17. The lowest BCUT2D eigenvalue weighted by atomic mass is 9.71. The van der Waals surface area contributed by atoms with Crippen LogP contribution in [0.4, 0.5) is 18.0 Å². The van der Waals surface area contributed by atoms with Gasteiger partial charge in [0.25, 0.3) is 5.92 Å². The first-order chi connectivity index (χ1) is 8.97. The summed E-state index contributed by atoms with van der Waals surface area (Å²) in [7, 11) is 0. The van der Waals surface area contributed by atoms with Crippen LogP contribution in [0.15, 0.2) is 0 Å². The monoisotopic (exact) mass is 294 g/mol. The highest BCUT2D eigenvalue weighted by Gasteiger charge is 2.64. The van der Waals surface area contributed by atoms with Crippen LogP contribution in [0.5, 0.6) is 0 Å². The van der Waals surface area contributed by atoms with Gasteiger partial charge in [0.2, 0.25) is 0 Å². The molecule has 2 aliphatic rings. The Labute approximate surface area is 116 Å². The first-order valence-corrected chi connectivity index (χ1v) is 6.76. The maximum absolute atomic E-state index is 14.9. The number of carbonyl (C=O) groups is 1. The van der Waals surface area contributed by atoms with Crippen molar-refractivity contribution >= 4 is 6.09 Å². The molecule has 2 atom stereocenters. The molecule has 116 valence electrons. The highest BCUT2D eigenvalue weighted by Crippen LogP contribution is 2.49. The van der Waals surface area contributed by atoms with Crippen LogP contribution >= 0.6 is 0 Å². The first kappa shape index (κ1) is 15.4. The van der Waals surface area contributed by atoms with Gasteiger partial charge in [-0.2, -0.15) is 0 Å². The van der Waals surface area contributed by atoms with Crippen molar-refractivity contribution < 1.29 is 22.7 Å². The van der Waals surface area contributed by atoms with Crippen molar-refractivity contribution in [3.63, 3.8) is 0 Å². The molecular formula is C13H21F3N2O2. The van der Waals surface area contributed by atoms with E-state index in [0.29, 0.717) is 0 Å². The standard InChI is InChI=1S/C13H21F3N2O2/c1-10(2,3)20-9(19)18-12-4-5-13(15,16)6-11(12,14)7-17-8-12/h17H,4-8H2,1-3H3,(H,18,19)/t11-,12+/m0/s1. The molecular weight excluding hydrogens is 273 g/mol. The zero-order chi connectivity index (χ0) is 15.2. The quantitative estimate of drug-likeness (QED) is 0.780. The van der Waals surface area contributed by atoms with Gasteiger partial charge in [0.05, 0.1) is 5.54 Å². The minimum absolute atomic E-state index is 0.108. The molecule has 4 nitrogen and oxygen atoms in total. The smallest absolute Gasteiger partial charge is 0.408 e. The lowest BCUT2D eigenvalue weighted by Crippen LogP contribution is -2.66. The molecule has 1 aliphatic heterocycles. The van der Waals surface area contributed by atoms with Gasteiger partial charge in [-0.1, -0.05) is 0 Å². The Hall–Kier alpha value is -0.980. The van der Waals surface area contributed by atoms with Crippen LogP contribution in [0.3, 0.4) is 0 Å². The van der Waals surface area contributed by atoms with Crippen molar-refractivity contribution in [3.05, 3.63) is 0 Å². The van der Waals surface area contributed by atoms with E-state index >= 15 is 0 Å². The molecule has 7 heteroatoms. The Kier molecular flexibility index (Phi) is 3.48. The number of alkyl carbamates (subject to hydrolysis) is 1.